The summed E-state index contributed by atoms with van der Waals surface area (Å²) in [5, 5.41) is 15.0. The third kappa shape index (κ3) is 2.90. The number of nitro groups is 1. The minimum Gasteiger partial charge on any atom is -0.431 e. The molecule has 2 aliphatic rings. The van der Waals surface area contributed by atoms with Crippen molar-refractivity contribution in [2.24, 2.45) is 0 Å². The van der Waals surface area contributed by atoms with Gasteiger partial charge in [0.05, 0.1) is 10.5 Å². The average Bonchev–Trinajstić information content (AvgIpc) is 2.70. The molecule has 0 spiro atoms. The van der Waals surface area contributed by atoms with Gasteiger partial charge in [0.25, 0.3) is 5.88 Å². The fourth-order valence-electron chi connectivity index (χ4n) is 3.56. The first kappa shape index (κ1) is 19.2. The van der Waals surface area contributed by atoms with Gasteiger partial charge in [-0.1, -0.05) is 53.5 Å². The molecule has 146 valence electrons. The van der Waals surface area contributed by atoms with Crippen LogP contribution in [0.5, 0.6) is 0 Å². The van der Waals surface area contributed by atoms with E-state index in [1.54, 1.807) is 12.1 Å². The molecule has 4 rings (SSSR count). The summed E-state index contributed by atoms with van der Waals surface area (Å²) in [5.41, 5.74) is 0.0641. The molecule has 2 aromatic carbocycles. The molecule has 0 saturated heterocycles. The Morgan fingerprint density at radius 3 is 2.31 bits per heavy atom. The molecule has 29 heavy (non-hydrogen) atoms. The van der Waals surface area contributed by atoms with Crippen LogP contribution in [0.25, 0.3) is 0 Å². The monoisotopic (exact) mass is 430 g/mol. The van der Waals surface area contributed by atoms with Crippen LogP contribution < -0.4 is 5.32 Å². The lowest BCUT2D eigenvalue weighted by Crippen LogP contribution is -2.35. The Kier molecular flexibility index (Phi) is 4.64. The summed E-state index contributed by atoms with van der Waals surface area (Å²) in [7, 11) is 1.42. The van der Waals surface area contributed by atoms with Crippen LogP contribution in [-0.2, 0) is 4.74 Å². The van der Waals surface area contributed by atoms with E-state index in [2.05, 4.69) is 5.32 Å². The van der Waals surface area contributed by atoms with E-state index in [4.69, 9.17) is 27.9 Å². The van der Waals surface area contributed by atoms with Gasteiger partial charge in [0, 0.05) is 28.2 Å². The highest BCUT2D eigenvalue weighted by atomic mass is 35.5. The van der Waals surface area contributed by atoms with Gasteiger partial charge in [-0.3, -0.25) is 19.7 Å². The number of benzene rings is 2. The molecule has 9 heteroatoms. The van der Waals surface area contributed by atoms with Crippen LogP contribution in [0.4, 0.5) is 0 Å². The number of hydrogen-bond acceptors (Lipinski definition) is 6. The SMILES string of the molecule is CNC1=C([N+](=O)[O-])C(c2ccc(Cl)cc2Cl)C2=C(O1)C(=O)c1ccccc1C2=O. The van der Waals surface area contributed by atoms with E-state index in [9.17, 15) is 19.7 Å². The largest absolute Gasteiger partial charge is 0.431 e. The second-order valence-corrected chi connectivity index (χ2v) is 7.21. The number of carbonyl (C=O) groups excluding carboxylic acids is 2. The highest BCUT2D eigenvalue weighted by molar-refractivity contribution is 6.35. The Bertz CT molecular complexity index is 1170. The first-order chi connectivity index (χ1) is 13.8. The zero-order chi connectivity index (χ0) is 20.9. The molecule has 1 aliphatic heterocycles. The number of ketones is 2. The van der Waals surface area contributed by atoms with Crippen molar-refractivity contribution in [3.8, 4) is 0 Å². The van der Waals surface area contributed by atoms with Crippen LogP contribution in [0, 0.1) is 10.1 Å². The molecule has 7 nitrogen and oxygen atoms in total. The Balaban J connectivity index is 2.03. The summed E-state index contributed by atoms with van der Waals surface area (Å²) in [4.78, 5) is 37.6. The Morgan fingerprint density at radius 2 is 1.72 bits per heavy atom. The van der Waals surface area contributed by atoms with E-state index in [1.807, 2.05) is 0 Å². The van der Waals surface area contributed by atoms with Gasteiger partial charge in [-0.05, 0) is 17.7 Å². The van der Waals surface area contributed by atoms with Gasteiger partial charge in [0.15, 0.2) is 11.5 Å². The van der Waals surface area contributed by atoms with Gasteiger partial charge >= 0.3 is 5.70 Å². The van der Waals surface area contributed by atoms with Gasteiger partial charge in [-0.25, -0.2) is 0 Å². The topological polar surface area (TPSA) is 98.5 Å². The summed E-state index contributed by atoms with van der Waals surface area (Å²) in [6.07, 6.45) is 0. The van der Waals surface area contributed by atoms with Crippen LogP contribution in [0.15, 0.2) is 65.4 Å². The second kappa shape index (κ2) is 7.02. The zero-order valence-corrected chi connectivity index (χ0v) is 16.4. The fraction of sp³-hybridized carbons (Fsp3) is 0.100. The van der Waals surface area contributed by atoms with Crippen molar-refractivity contribution in [1.29, 1.82) is 0 Å². The fourth-order valence-corrected chi connectivity index (χ4v) is 4.08. The van der Waals surface area contributed by atoms with Gasteiger partial charge in [-0.2, -0.15) is 0 Å². The number of rotatable bonds is 3. The molecule has 1 atom stereocenters. The Labute approximate surface area is 174 Å². The molecule has 0 saturated carbocycles. The lowest BCUT2D eigenvalue weighted by Gasteiger charge is -2.30. The van der Waals surface area contributed by atoms with Gasteiger partial charge in [0.2, 0.25) is 5.78 Å². The van der Waals surface area contributed by atoms with Crippen LogP contribution in [-0.4, -0.2) is 23.5 Å². The van der Waals surface area contributed by atoms with E-state index < -0.39 is 28.1 Å². The van der Waals surface area contributed by atoms with E-state index >= 15 is 0 Å². The maximum atomic E-state index is 13.3. The number of halogens is 2. The minimum atomic E-state index is -1.22. The molecule has 0 bridgehead atoms. The number of nitrogens with one attached hydrogen (secondary N) is 1. The minimum absolute atomic E-state index is 0.122. The summed E-state index contributed by atoms with van der Waals surface area (Å²) in [6, 6.07) is 10.7. The van der Waals surface area contributed by atoms with Crippen LogP contribution in [0.3, 0.4) is 0 Å². The van der Waals surface area contributed by atoms with Crippen molar-refractivity contribution in [2.75, 3.05) is 7.05 Å². The summed E-state index contributed by atoms with van der Waals surface area (Å²) in [5.74, 6) is -2.75. The molecular weight excluding hydrogens is 419 g/mol. The molecule has 0 fully saturated rings. The van der Waals surface area contributed by atoms with Crippen molar-refractivity contribution in [2.45, 2.75) is 5.92 Å². The third-order valence-electron chi connectivity index (χ3n) is 4.81. The van der Waals surface area contributed by atoms with Crippen molar-refractivity contribution < 1.29 is 19.2 Å². The Hall–Kier alpha value is -3.16. The predicted octanol–water partition coefficient (Wildman–Crippen LogP) is 4.11. The standard InChI is InChI=1S/C20H12Cl2N2O5/c1-23-20-16(24(27)28)14(12-7-6-9(21)8-13(12)22)15-17(25)10-4-2-3-5-11(10)18(26)19(15)29-20/h2-8,14,23H,1H3. The zero-order valence-electron chi connectivity index (χ0n) is 14.9. The third-order valence-corrected chi connectivity index (χ3v) is 5.37. The van der Waals surface area contributed by atoms with E-state index in [0.717, 1.165) is 0 Å². The highest BCUT2D eigenvalue weighted by Gasteiger charge is 2.49. The van der Waals surface area contributed by atoms with Crippen molar-refractivity contribution in [3.05, 3.63) is 102 Å². The highest BCUT2D eigenvalue weighted by Crippen LogP contribution is 2.46. The van der Waals surface area contributed by atoms with Crippen molar-refractivity contribution in [1.82, 2.24) is 5.32 Å². The van der Waals surface area contributed by atoms with E-state index in [1.165, 1.54) is 37.4 Å². The molecule has 1 unspecified atom stereocenters. The lowest BCUT2D eigenvalue weighted by atomic mass is 9.77. The van der Waals surface area contributed by atoms with Crippen molar-refractivity contribution >= 4 is 34.8 Å². The molecular formula is C20H12Cl2N2O5. The molecule has 0 amide bonds. The number of Topliss-reactive ketones (excluding diaryl/α,β-unsaturated/α-hetero) is 2. The quantitative estimate of drug-likeness (QED) is 0.580. The normalized spacial score (nSPS) is 18.2. The van der Waals surface area contributed by atoms with E-state index in [0.29, 0.717) is 5.02 Å². The number of nitrogens with zero attached hydrogens (tertiary/aromatic N) is 1. The molecule has 1 aliphatic carbocycles. The first-order valence-corrected chi connectivity index (χ1v) is 9.22. The number of carbonyl (C=O) groups is 2. The predicted molar refractivity (Wildman–Crippen MR) is 105 cm³/mol. The van der Waals surface area contributed by atoms with Crippen LogP contribution in [0.2, 0.25) is 10.0 Å². The maximum absolute atomic E-state index is 13.3. The Morgan fingerprint density at radius 1 is 1.07 bits per heavy atom. The maximum Gasteiger partial charge on any atom is 0.317 e. The second-order valence-electron chi connectivity index (χ2n) is 6.37. The van der Waals surface area contributed by atoms with Crippen molar-refractivity contribution in [3.63, 3.8) is 0 Å². The van der Waals surface area contributed by atoms with E-state index in [-0.39, 0.29) is 38.9 Å². The lowest BCUT2D eigenvalue weighted by molar-refractivity contribution is -0.433. The molecule has 1 heterocycles. The molecule has 0 aromatic heterocycles. The summed E-state index contributed by atoms with van der Waals surface area (Å²) < 4.78 is 5.54. The van der Waals surface area contributed by atoms with Crippen LogP contribution in [0.1, 0.15) is 32.2 Å². The molecule has 2 aromatic rings. The van der Waals surface area contributed by atoms with Gasteiger partial charge in [0.1, 0.15) is 5.92 Å². The number of hydrogen-bond donors (Lipinski definition) is 1. The molecule has 1 N–H and O–H groups in total. The smallest absolute Gasteiger partial charge is 0.317 e. The summed E-state index contributed by atoms with van der Waals surface area (Å²) >= 11 is 12.3. The molecule has 0 radical (unpaired) electrons. The van der Waals surface area contributed by atoms with Gasteiger partial charge in [-0.15, -0.1) is 0 Å². The van der Waals surface area contributed by atoms with Crippen LogP contribution >= 0.6 is 23.2 Å². The average molecular weight is 431 g/mol. The van der Waals surface area contributed by atoms with Gasteiger partial charge < -0.3 is 10.1 Å². The first-order valence-electron chi connectivity index (χ1n) is 8.46. The number of ether oxygens (including phenoxy) is 1. The number of fused-ring (bicyclic) bond motifs is 1. The number of allylic oxidation sites excluding steroid dienone is 2. The summed E-state index contributed by atoms with van der Waals surface area (Å²) in [6.45, 7) is 0.